The average Bonchev–Trinajstić information content (AvgIpc) is 3.13. The number of rotatable bonds is 2. The highest BCUT2D eigenvalue weighted by molar-refractivity contribution is 6.07. The van der Waals surface area contributed by atoms with Gasteiger partial charge in [0.1, 0.15) is 0 Å². The molecule has 1 fully saturated rings. The number of amides is 2. The Morgan fingerprint density at radius 1 is 0.963 bits per heavy atom. The molecule has 2 aromatic rings. The largest absolute Gasteiger partial charge is 0.337 e. The number of nitrogens with zero attached hydrogens (tertiary/aromatic N) is 2. The van der Waals surface area contributed by atoms with Gasteiger partial charge in [0.05, 0.1) is 0 Å². The summed E-state index contributed by atoms with van der Waals surface area (Å²) >= 11 is 0. The number of halogens is 1. The molecule has 2 amide bonds. The number of carbonyl (C=O) groups excluding carboxylic acids is 2. The van der Waals surface area contributed by atoms with Gasteiger partial charge in [0.2, 0.25) is 0 Å². The van der Waals surface area contributed by atoms with Crippen molar-refractivity contribution in [2.45, 2.75) is 25.3 Å². The standard InChI is InChI=1S/C21H23N3O2.ClH/c22-18-10-12-23(14-18)20(25)17-8-9-19-16(13-17)7-4-11-24(19)21(26)15-5-2-1-3-6-15;/h1-3,5-6,8-9,13,18H,4,7,10-12,14,22H2;1H/t18-;/m0./s1. The highest BCUT2D eigenvalue weighted by Crippen LogP contribution is 2.30. The van der Waals surface area contributed by atoms with Gasteiger partial charge in [0, 0.05) is 42.5 Å². The first-order chi connectivity index (χ1) is 12.6. The number of carbonyl (C=O) groups is 2. The summed E-state index contributed by atoms with van der Waals surface area (Å²) in [6.45, 7) is 2.04. The van der Waals surface area contributed by atoms with Crippen molar-refractivity contribution in [2.75, 3.05) is 24.5 Å². The third kappa shape index (κ3) is 3.84. The van der Waals surface area contributed by atoms with E-state index in [4.69, 9.17) is 5.73 Å². The lowest BCUT2D eigenvalue weighted by atomic mass is 9.98. The molecular weight excluding hydrogens is 362 g/mol. The minimum Gasteiger partial charge on any atom is -0.337 e. The summed E-state index contributed by atoms with van der Waals surface area (Å²) < 4.78 is 0. The third-order valence-electron chi connectivity index (χ3n) is 5.22. The molecule has 1 atom stereocenters. The molecule has 0 aromatic heterocycles. The van der Waals surface area contributed by atoms with Gasteiger partial charge in [0.25, 0.3) is 11.8 Å². The zero-order valence-corrected chi connectivity index (χ0v) is 16.0. The van der Waals surface area contributed by atoms with Crippen molar-refractivity contribution >= 4 is 29.9 Å². The van der Waals surface area contributed by atoms with E-state index in [-0.39, 0.29) is 30.3 Å². The Morgan fingerprint density at radius 3 is 2.44 bits per heavy atom. The number of likely N-dealkylation sites (tertiary alicyclic amines) is 1. The van der Waals surface area contributed by atoms with E-state index in [1.165, 1.54) is 0 Å². The maximum absolute atomic E-state index is 12.9. The molecule has 0 bridgehead atoms. The Balaban J connectivity index is 0.00000210. The Bertz CT molecular complexity index is 841. The second kappa shape index (κ2) is 8.11. The van der Waals surface area contributed by atoms with Gasteiger partial charge in [-0.2, -0.15) is 0 Å². The van der Waals surface area contributed by atoms with Crippen LogP contribution in [-0.2, 0) is 6.42 Å². The van der Waals surface area contributed by atoms with Crippen LogP contribution in [0.4, 0.5) is 5.69 Å². The summed E-state index contributed by atoms with van der Waals surface area (Å²) in [5, 5.41) is 0. The van der Waals surface area contributed by atoms with Crippen LogP contribution in [-0.4, -0.2) is 42.4 Å². The van der Waals surface area contributed by atoms with Gasteiger partial charge in [0.15, 0.2) is 0 Å². The molecule has 0 spiro atoms. The highest BCUT2D eigenvalue weighted by atomic mass is 35.5. The normalized spacial score (nSPS) is 18.6. The van der Waals surface area contributed by atoms with Crippen LogP contribution in [0.2, 0.25) is 0 Å². The summed E-state index contributed by atoms with van der Waals surface area (Å²) in [7, 11) is 0. The minimum atomic E-state index is 0. The van der Waals surface area contributed by atoms with Crippen molar-refractivity contribution < 1.29 is 9.59 Å². The SMILES string of the molecule is Cl.N[C@H]1CCN(C(=O)c2ccc3c(c2)CCCN3C(=O)c2ccccc2)C1. The monoisotopic (exact) mass is 385 g/mol. The van der Waals surface area contributed by atoms with E-state index in [0.29, 0.717) is 24.2 Å². The Hall–Kier alpha value is -2.37. The van der Waals surface area contributed by atoms with Gasteiger partial charge >= 0.3 is 0 Å². The summed E-state index contributed by atoms with van der Waals surface area (Å²) in [6.07, 6.45) is 2.64. The average molecular weight is 386 g/mol. The van der Waals surface area contributed by atoms with Crippen molar-refractivity contribution in [3.05, 3.63) is 65.2 Å². The van der Waals surface area contributed by atoms with Crippen LogP contribution >= 0.6 is 12.4 Å². The fourth-order valence-electron chi connectivity index (χ4n) is 3.83. The fraction of sp³-hybridized carbons (Fsp3) is 0.333. The van der Waals surface area contributed by atoms with Crippen LogP contribution in [0, 0.1) is 0 Å². The van der Waals surface area contributed by atoms with Crippen molar-refractivity contribution in [1.82, 2.24) is 4.90 Å². The highest BCUT2D eigenvalue weighted by Gasteiger charge is 2.27. The first-order valence-corrected chi connectivity index (χ1v) is 9.18. The lowest BCUT2D eigenvalue weighted by Gasteiger charge is -2.30. The molecule has 5 nitrogen and oxygen atoms in total. The lowest BCUT2D eigenvalue weighted by molar-refractivity contribution is 0.0790. The molecule has 2 heterocycles. The van der Waals surface area contributed by atoms with Crippen molar-refractivity contribution in [1.29, 1.82) is 0 Å². The van der Waals surface area contributed by atoms with Crippen LogP contribution < -0.4 is 10.6 Å². The number of hydrogen-bond acceptors (Lipinski definition) is 3. The third-order valence-corrected chi connectivity index (χ3v) is 5.22. The molecule has 0 unspecified atom stereocenters. The number of fused-ring (bicyclic) bond motifs is 1. The molecular formula is C21H24ClN3O2. The molecule has 0 radical (unpaired) electrons. The topological polar surface area (TPSA) is 66.6 Å². The van der Waals surface area contributed by atoms with Gasteiger partial charge in [-0.3, -0.25) is 9.59 Å². The second-order valence-electron chi connectivity index (χ2n) is 7.07. The fourth-order valence-corrected chi connectivity index (χ4v) is 3.83. The zero-order valence-electron chi connectivity index (χ0n) is 15.1. The van der Waals surface area contributed by atoms with Crippen molar-refractivity contribution in [3.63, 3.8) is 0 Å². The molecule has 2 aliphatic rings. The molecule has 142 valence electrons. The summed E-state index contributed by atoms with van der Waals surface area (Å²) in [4.78, 5) is 29.2. The maximum atomic E-state index is 12.9. The van der Waals surface area contributed by atoms with Crippen LogP contribution in [0.25, 0.3) is 0 Å². The van der Waals surface area contributed by atoms with E-state index in [1.807, 2.05) is 58.3 Å². The van der Waals surface area contributed by atoms with E-state index >= 15 is 0 Å². The van der Waals surface area contributed by atoms with E-state index in [9.17, 15) is 9.59 Å². The number of aryl methyl sites for hydroxylation is 1. The van der Waals surface area contributed by atoms with Gasteiger partial charge in [-0.25, -0.2) is 0 Å². The van der Waals surface area contributed by atoms with Crippen LogP contribution in [0.15, 0.2) is 48.5 Å². The summed E-state index contributed by atoms with van der Waals surface area (Å²) in [5.74, 6) is 0.0448. The maximum Gasteiger partial charge on any atom is 0.258 e. The minimum absolute atomic E-state index is 0. The Labute approximate surface area is 165 Å². The van der Waals surface area contributed by atoms with Crippen molar-refractivity contribution in [3.8, 4) is 0 Å². The lowest BCUT2D eigenvalue weighted by Crippen LogP contribution is -2.36. The van der Waals surface area contributed by atoms with Gasteiger partial charge < -0.3 is 15.5 Å². The van der Waals surface area contributed by atoms with E-state index in [1.54, 1.807) is 0 Å². The molecule has 6 heteroatoms. The van der Waals surface area contributed by atoms with Crippen LogP contribution in [0.1, 0.15) is 39.1 Å². The summed E-state index contributed by atoms with van der Waals surface area (Å²) in [5.41, 5.74) is 9.28. The van der Waals surface area contributed by atoms with Gasteiger partial charge in [-0.05, 0) is 55.2 Å². The predicted octanol–water partition coefficient (Wildman–Crippen LogP) is 2.87. The van der Waals surface area contributed by atoms with E-state index in [0.717, 1.165) is 37.1 Å². The van der Waals surface area contributed by atoms with Gasteiger partial charge in [-0.1, -0.05) is 18.2 Å². The van der Waals surface area contributed by atoms with Crippen LogP contribution in [0.5, 0.6) is 0 Å². The quantitative estimate of drug-likeness (QED) is 0.864. The van der Waals surface area contributed by atoms with Crippen molar-refractivity contribution in [2.24, 2.45) is 5.73 Å². The first-order valence-electron chi connectivity index (χ1n) is 9.18. The predicted molar refractivity (Wildman–Crippen MR) is 109 cm³/mol. The summed E-state index contributed by atoms with van der Waals surface area (Å²) in [6, 6.07) is 15.1. The first kappa shape index (κ1) is 19.4. The molecule has 2 aliphatic heterocycles. The van der Waals surface area contributed by atoms with E-state index in [2.05, 4.69) is 0 Å². The smallest absolute Gasteiger partial charge is 0.258 e. The molecule has 0 aliphatic carbocycles. The molecule has 1 saturated heterocycles. The number of anilines is 1. The number of benzene rings is 2. The van der Waals surface area contributed by atoms with E-state index < -0.39 is 0 Å². The Morgan fingerprint density at radius 2 is 1.74 bits per heavy atom. The second-order valence-corrected chi connectivity index (χ2v) is 7.07. The van der Waals surface area contributed by atoms with Gasteiger partial charge in [-0.15, -0.1) is 12.4 Å². The zero-order chi connectivity index (χ0) is 18.1. The molecule has 0 saturated carbocycles. The molecule has 4 rings (SSSR count). The molecule has 2 N–H and O–H groups in total. The molecule has 27 heavy (non-hydrogen) atoms. The number of hydrogen-bond donors (Lipinski definition) is 1. The molecule has 2 aromatic carbocycles. The van der Waals surface area contributed by atoms with Crippen LogP contribution in [0.3, 0.4) is 0 Å². The number of nitrogens with two attached hydrogens (primary N) is 1. The Kier molecular flexibility index (Phi) is 5.82.